The predicted octanol–water partition coefficient (Wildman–Crippen LogP) is 5.18. The molecule has 0 aromatic carbocycles. The SMILES string of the molecule is C=C1C(C)C(C)C2C(C)C(=C)C(C)C(C)C2C1C. The Morgan fingerprint density at radius 2 is 0.833 bits per heavy atom. The van der Waals surface area contributed by atoms with Crippen molar-refractivity contribution in [1.29, 1.82) is 0 Å². The molecule has 0 heterocycles. The second-order valence-corrected chi connectivity index (χ2v) is 7.18. The maximum atomic E-state index is 4.40. The fourth-order valence-corrected chi connectivity index (χ4v) is 4.94. The van der Waals surface area contributed by atoms with Crippen LogP contribution in [-0.2, 0) is 0 Å². The fraction of sp³-hybridized carbons (Fsp3) is 0.778. The van der Waals surface area contributed by atoms with Crippen molar-refractivity contribution in [3.63, 3.8) is 0 Å². The van der Waals surface area contributed by atoms with E-state index < -0.39 is 0 Å². The van der Waals surface area contributed by atoms with Crippen molar-refractivity contribution in [2.75, 3.05) is 0 Å². The maximum absolute atomic E-state index is 4.40. The van der Waals surface area contributed by atoms with E-state index in [-0.39, 0.29) is 0 Å². The fourth-order valence-electron chi connectivity index (χ4n) is 4.94. The first kappa shape index (κ1) is 13.9. The molecule has 0 heteroatoms. The molecule has 0 radical (unpaired) electrons. The van der Waals surface area contributed by atoms with Crippen LogP contribution in [0.1, 0.15) is 41.5 Å². The molecule has 8 atom stereocenters. The van der Waals surface area contributed by atoms with Gasteiger partial charge in [-0.25, -0.2) is 0 Å². The van der Waals surface area contributed by atoms with Gasteiger partial charge >= 0.3 is 0 Å². The first-order valence-corrected chi connectivity index (χ1v) is 7.66. The van der Waals surface area contributed by atoms with Crippen LogP contribution in [-0.4, -0.2) is 0 Å². The molecule has 2 saturated carbocycles. The highest BCUT2D eigenvalue weighted by atomic mass is 14.5. The van der Waals surface area contributed by atoms with Crippen molar-refractivity contribution in [3.8, 4) is 0 Å². The lowest BCUT2D eigenvalue weighted by molar-refractivity contribution is 0.000714. The lowest BCUT2D eigenvalue weighted by atomic mass is 9.49. The van der Waals surface area contributed by atoms with Gasteiger partial charge in [-0.15, -0.1) is 0 Å². The highest BCUT2D eigenvalue weighted by molar-refractivity contribution is 5.21. The zero-order valence-electron chi connectivity index (χ0n) is 13.0. The number of rotatable bonds is 0. The number of allylic oxidation sites excluding steroid dienone is 2. The minimum absolute atomic E-state index is 0.664. The van der Waals surface area contributed by atoms with E-state index in [2.05, 4.69) is 54.7 Å². The molecule has 18 heavy (non-hydrogen) atoms. The van der Waals surface area contributed by atoms with Gasteiger partial charge in [-0.2, -0.15) is 0 Å². The molecule has 0 aromatic rings. The second-order valence-electron chi connectivity index (χ2n) is 7.18. The van der Waals surface area contributed by atoms with Gasteiger partial charge in [-0.05, 0) is 47.3 Å². The van der Waals surface area contributed by atoms with E-state index in [4.69, 9.17) is 0 Å². The number of fused-ring (bicyclic) bond motifs is 1. The highest BCUT2D eigenvalue weighted by Gasteiger charge is 2.50. The molecule has 102 valence electrons. The molecule has 0 saturated heterocycles. The Morgan fingerprint density at radius 3 is 1.11 bits per heavy atom. The van der Waals surface area contributed by atoms with Crippen LogP contribution in [0, 0.1) is 47.3 Å². The number of hydrogen-bond acceptors (Lipinski definition) is 0. The van der Waals surface area contributed by atoms with E-state index in [1.165, 1.54) is 11.1 Å². The van der Waals surface area contributed by atoms with Gasteiger partial charge in [0.2, 0.25) is 0 Å². The van der Waals surface area contributed by atoms with Gasteiger partial charge in [0.25, 0.3) is 0 Å². The van der Waals surface area contributed by atoms with Crippen molar-refractivity contribution in [3.05, 3.63) is 24.3 Å². The average molecular weight is 246 g/mol. The summed E-state index contributed by atoms with van der Waals surface area (Å²) in [6, 6.07) is 0. The summed E-state index contributed by atoms with van der Waals surface area (Å²) in [5.74, 6) is 5.79. The summed E-state index contributed by atoms with van der Waals surface area (Å²) >= 11 is 0. The monoisotopic (exact) mass is 246 g/mol. The van der Waals surface area contributed by atoms with E-state index in [1.807, 2.05) is 0 Å². The van der Waals surface area contributed by atoms with E-state index in [1.54, 1.807) is 0 Å². The van der Waals surface area contributed by atoms with Crippen molar-refractivity contribution >= 4 is 0 Å². The van der Waals surface area contributed by atoms with Crippen molar-refractivity contribution in [1.82, 2.24) is 0 Å². The largest absolute Gasteiger partial charge is 0.0993 e. The zero-order valence-corrected chi connectivity index (χ0v) is 13.0. The van der Waals surface area contributed by atoms with Crippen LogP contribution in [0.5, 0.6) is 0 Å². The van der Waals surface area contributed by atoms with Crippen LogP contribution < -0.4 is 0 Å². The van der Waals surface area contributed by atoms with E-state index in [0.717, 1.165) is 23.7 Å². The Bertz CT molecular complexity index is 328. The third kappa shape index (κ3) is 1.72. The van der Waals surface area contributed by atoms with Crippen LogP contribution in [0.25, 0.3) is 0 Å². The molecular weight excluding hydrogens is 216 g/mol. The predicted molar refractivity (Wildman–Crippen MR) is 80.2 cm³/mol. The third-order valence-electron chi connectivity index (χ3n) is 6.73. The van der Waals surface area contributed by atoms with Gasteiger partial charge < -0.3 is 0 Å². The van der Waals surface area contributed by atoms with Gasteiger partial charge in [-0.1, -0.05) is 65.8 Å². The molecule has 0 amide bonds. The molecule has 8 unspecified atom stereocenters. The summed E-state index contributed by atoms with van der Waals surface area (Å²) in [6.07, 6.45) is 0. The van der Waals surface area contributed by atoms with Gasteiger partial charge in [0.05, 0.1) is 0 Å². The maximum Gasteiger partial charge on any atom is -0.0197 e. The summed E-state index contributed by atoms with van der Waals surface area (Å²) in [4.78, 5) is 0. The van der Waals surface area contributed by atoms with Gasteiger partial charge in [-0.3, -0.25) is 0 Å². The average Bonchev–Trinajstić information content (AvgIpc) is 2.35. The van der Waals surface area contributed by atoms with Crippen LogP contribution in [0.3, 0.4) is 0 Å². The molecule has 0 nitrogen and oxygen atoms in total. The molecule has 0 N–H and O–H groups in total. The molecule has 0 aromatic heterocycles. The minimum atomic E-state index is 0.664. The van der Waals surface area contributed by atoms with Crippen molar-refractivity contribution < 1.29 is 0 Å². The second kappa shape index (κ2) is 4.54. The first-order valence-electron chi connectivity index (χ1n) is 7.66. The molecule has 2 fully saturated rings. The Morgan fingerprint density at radius 1 is 0.556 bits per heavy atom. The Labute approximate surface area is 114 Å². The molecule has 2 rings (SSSR count). The van der Waals surface area contributed by atoms with Gasteiger partial charge in [0, 0.05) is 0 Å². The standard InChI is InChI=1S/C18H30/c1-9-10(2)14(6)18-16(8)12(4)11(3)15(7)17(18)13(9)5/h10-11,13-18H,1,4H2,2-3,5-8H3. The van der Waals surface area contributed by atoms with Gasteiger partial charge in [0.15, 0.2) is 0 Å². The van der Waals surface area contributed by atoms with Crippen LogP contribution in [0.15, 0.2) is 24.3 Å². The summed E-state index contributed by atoms with van der Waals surface area (Å²) in [7, 11) is 0. The quantitative estimate of drug-likeness (QED) is 0.517. The lowest BCUT2D eigenvalue weighted by Crippen LogP contribution is -2.49. The molecule has 2 aliphatic rings. The van der Waals surface area contributed by atoms with Crippen LogP contribution in [0.2, 0.25) is 0 Å². The third-order valence-corrected chi connectivity index (χ3v) is 6.73. The minimum Gasteiger partial charge on any atom is -0.0993 e. The summed E-state index contributed by atoms with van der Waals surface area (Å²) in [6.45, 7) is 23.2. The van der Waals surface area contributed by atoms with Crippen LogP contribution in [0.4, 0.5) is 0 Å². The molecule has 0 aliphatic heterocycles. The van der Waals surface area contributed by atoms with E-state index >= 15 is 0 Å². The summed E-state index contributed by atoms with van der Waals surface area (Å²) < 4.78 is 0. The molecule has 2 aliphatic carbocycles. The molecular formula is C18H30. The van der Waals surface area contributed by atoms with Gasteiger partial charge in [0.1, 0.15) is 0 Å². The first-order chi connectivity index (χ1) is 8.29. The Balaban J connectivity index is 2.42. The highest BCUT2D eigenvalue weighted by Crippen LogP contribution is 2.57. The topological polar surface area (TPSA) is 0 Å². The Hall–Kier alpha value is -0.520. The van der Waals surface area contributed by atoms with Crippen molar-refractivity contribution in [2.24, 2.45) is 47.3 Å². The normalized spacial score (nSPS) is 53.2. The van der Waals surface area contributed by atoms with E-state index in [0.29, 0.717) is 23.7 Å². The summed E-state index contributed by atoms with van der Waals surface area (Å²) in [5.41, 5.74) is 2.98. The smallest absolute Gasteiger partial charge is 0.0197 e. The van der Waals surface area contributed by atoms with Crippen LogP contribution >= 0.6 is 0 Å². The Kier molecular flexibility index (Phi) is 3.51. The molecule has 0 bridgehead atoms. The van der Waals surface area contributed by atoms with Crippen molar-refractivity contribution in [2.45, 2.75) is 41.5 Å². The van der Waals surface area contributed by atoms with E-state index in [9.17, 15) is 0 Å². The number of hydrogen-bond donors (Lipinski definition) is 0. The molecule has 0 spiro atoms. The summed E-state index contributed by atoms with van der Waals surface area (Å²) in [5, 5.41) is 0. The zero-order chi connectivity index (χ0) is 13.8. The lowest BCUT2D eigenvalue weighted by Gasteiger charge is -2.56.